The van der Waals surface area contributed by atoms with Gasteiger partial charge in [-0.2, -0.15) is 8.78 Å². The summed E-state index contributed by atoms with van der Waals surface area (Å²) in [5.41, 5.74) is -0.603. The highest BCUT2D eigenvalue weighted by molar-refractivity contribution is 7.89. The maximum Gasteiger partial charge on any atom is 0.314 e. The SMILES string of the molecule is CC1(NS(=O)(=O)c2cc(F)c3cnc(-c4nnc(C(F)F)o4)n3c2)CC1. The predicted octanol–water partition coefficient (Wildman–Crippen LogP) is 2.29. The predicted molar refractivity (Wildman–Crippen MR) is 81.4 cm³/mol. The van der Waals surface area contributed by atoms with Crippen molar-refractivity contribution in [1.82, 2.24) is 24.3 Å². The van der Waals surface area contributed by atoms with E-state index in [-0.39, 0.29) is 22.1 Å². The van der Waals surface area contributed by atoms with Crippen LogP contribution in [-0.4, -0.2) is 33.5 Å². The fraction of sp³-hybridized carbons (Fsp3) is 0.357. The molecule has 26 heavy (non-hydrogen) atoms. The van der Waals surface area contributed by atoms with Crippen molar-refractivity contribution in [1.29, 1.82) is 0 Å². The van der Waals surface area contributed by atoms with Gasteiger partial charge in [-0.15, -0.1) is 10.2 Å². The van der Waals surface area contributed by atoms with Gasteiger partial charge in [-0.1, -0.05) is 0 Å². The molecule has 3 heterocycles. The minimum absolute atomic E-state index is 0.0617. The smallest absolute Gasteiger partial charge is 0.314 e. The van der Waals surface area contributed by atoms with Gasteiger partial charge in [0.25, 0.3) is 11.8 Å². The summed E-state index contributed by atoms with van der Waals surface area (Å²) in [7, 11) is -3.98. The maximum atomic E-state index is 14.3. The summed E-state index contributed by atoms with van der Waals surface area (Å²) in [5.74, 6) is -2.28. The second-order valence-corrected chi connectivity index (χ2v) is 7.96. The van der Waals surface area contributed by atoms with Gasteiger partial charge in [0.15, 0.2) is 0 Å². The van der Waals surface area contributed by atoms with E-state index in [0.29, 0.717) is 12.8 Å². The average molecular weight is 387 g/mol. The molecule has 0 aliphatic heterocycles. The maximum absolute atomic E-state index is 14.3. The fourth-order valence-corrected chi connectivity index (χ4v) is 3.90. The monoisotopic (exact) mass is 387 g/mol. The van der Waals surface area contributed by atoms with Crippen molar-refractivity contribution in [2.75, 3.05) is 0 Å². The average Bonchev–Trinajstić information content (AvgIpc) is 3.00. The van der Waals surface area contributed by atoms with E-state index in [4.69, 9.17) is 4.42 Å². The van der Waals surface area contributed by atoms with Crippen LogP contribution in [0.25, 0.3) is 17.2 Å². The molecule has 138 valence electrons. The normalized spacial score (nSPS) is 16.5. The lowest BCUT2D eigenvalue weighted by Gasteiger charge is -2.12. The van der Waals surface area contributed by atoms with Crippen molar-refractivity contribution in [2.24, 2.45) is 0 Å². The third-order valence-electron chi connectivity index (χ3n) is 4.08. The van der Waals surface area contributed by atoms with Gasteiger partial charge in [0, 0.05) is 11.7 Å². The number of alkyl halides is 2. The molecule has 0 spiro atoms. The van der Waals surface area contributed by atoms with E-state index in [1.165, 1.54) is 0 Å². The molecule has 0 amide bonds. The largest absolute Gasteiger partial charge is 0.412 e. The van der Waals surface area contributed by atoms with E-state index < -0.39 is 33.7 Å². The van der Waals surface area contributed by atoms with Crippen molar-refractivity contribution in [2.45, 2.75) is 36.6 Å². The summed E-state index contributed by atoms with van der Waals surface area (Å²) in [4.78, 5) is 3.55. The van der Waals surface area contributed by atoms with Crippen molar-refractivity contribution < 1.29 is 26.0 Å². The Morgan fingerprint density at radius 2 is 2.08 bits per heavy atom. The van der Waals surface area contributed by atoms with E-state index in [9.17, 15) is 21.6 Å². The number of aromatic nitrogens is 4. The molecule has 1 aliphatic rings. The number of halogens is 3. The van der Waals surface area contributed by atoms with Crippen LogP contribution in [0.2, 0.25) is 0 Å². The number of sulfonamides is 1. The van der Waals surface area contributed by atoms with Gasteiger partial charge in [-0.25, -0.2) is 22.5 Å². The van der Waals surface area contributed by atoms with Crippen LogP contribution in [0.5, 0.6) is 0 Å². The Kier molecular flexibility index (Phi) is 3.60. The third kappa shape index (κ3) is 2.84. The summed E-state index contributed by atoms with van der Waals surface area (Å²) >= 11 is 0. The molecular weight excluding hydrogens is 375 g/mol. The summed E-state index contributed by atoms with van der Waals surface area (Å²) in [5, 5.41) is 6.64. The molecule has 1 N–H and O–H groups in total. The van der Waals surface area contributed by atoms with Gasteiger partial charge in [-0.3, -0.25) is 4.40 Å². The van der Waals surface area contributed by atoms with Gasteiger partial charge in [0.2, 0.25) is 15.8 Å². The number of fused-ring (bicyclic) bond motifs is 1. The molecule has 3 aromatic heterocycles. The molecule has 3 aromatic rings. The first-order chi connectivity index (χ1) is 12.2. The molecule has 0 unspecified atom stereocenters. The second-order valence-electron chi connectivity index (χ2n) is 6.27. The zero-order chi connectivity index (χ0) is 18.7. The van der Waals surface area contributed by atoms with Gasteiger partial charge in [0.1, 0.15) is 16.2 Å². The molecule has 0 atom stereocenters. The van der Waals surface area contributed by atoms with Gasteiger partial charge in [0.05, 0.1) is 6.20 Å². The summed E-state index contributed by atoms with van der Waals surface area (Å²) < 4.78 is 72.9. The first-order valence-corrected chi connectivity index (χ1v) is 8.99. The molecule has 1 fully saturated rings. The Bertz CT molecular complexity index is 1100. The van der Waals surface area contributed by atoms with E-state index in [1.54, 1.807) is 6.92 Å². The molecular formula is C14H12F3N5O3S. The number of nitrogens with one attached hydrogen (secondary N) is 1. The van der Waals surface area contributed by atoms with Crippen LogP contribution in [0.4, 0.5) is 13.2 Å². The third-order valence-corrected chi connectivity index (χ3v) is 5.68. The molecule has 4 rings (SSSR count). The molecule has 0 saturated heterocycles. The molecule has 1 aliphatic carbocycles. The summed E-state index contributed by atoms with van der Waals surface area (Å²) in [6.07, 6.45) is 0.639. The van der Waals surface area contributed by atoms with Gasteiger partial charge >= 0.3 is 6.43 Å². The summed E-state index contributed by atoms with van der Waals surface area (Å²) in [6.45, 7) is 1.74. The number of hydrogen-bond acceptors (Lipinski definition) is 6. The van der Waals surface area contributed by atoms with Crippen molar-refractivity contribution in [3.05, 3.63) is 30.2 Å². The summed E-state index contributed by atoms with van der Waals surface area (Å²) in [6, 6.07) is 0.868. The van der Waals surface area contributed by atoms with Crippen LogP contribution < -0.4 is 4.72 Å². The lowest BCUT2D eigenvalue weighted by atomic mass is 10.4. The van der Waals surface area contributed by atoms with E-state index >= 15 is 0 Å². The van der Waals surface area contributed by atoms with Crippen LogP contribution in [0.3, 0.4) is 0 Å². The Hall–Kier alpha value is -2.47. The second kappa shape index (κ2) is 5.51. The first kappa shape index (κ1) is 17.0. The minimum atomic E-state index is -3.98. The van der Waals surface area contributed by atoms with E-state index in [0.717, 1.165) is 22.9 Å². The van der Waals surface area contributed by atoms with Crippen molar-refractivity contribution in [3.63, 3.8) is 0 Å². The Labute approximate surface area is 145 Å². The molecule has 0 bridgehead atoms. The molecule has 12 heteroatoms. The number of imidazole rings is 1. The standard InChI is InChI=1S/C14H12F3N5O3S/c1-14(2-3-14)21-26(23,24)7-4-8(15)9-5-18-11(22(9)6-7)13-20-19-12(25-13)10(16)17/h4-6,10,21H,2-3H2,1H3. The molecule has 8 nitrogen and oxygen atoms in total. The number of nitrogens with zero attached hydrogens (tertiary/aromatic N) is 4. The quantitative estimate of drug-likeness (QED) is 0.721. The van der Waals surface area contributed by atoms with Crippen LogP contribution in [-0.2, 0) is 10.0 Å². The van der Waals surface area contributed by atoms with Gasteiger partial charge in [-0.05, 0) is 25.8 Å². The first-order valence-electron chi connectivity index (χ1n) is 7.51. The van der Waals surface area contributed by atoms with Gasteiger partial charge < -0.3 is 4.42 Å². The van der Waals surface area contributed by atoms with Crippen LogP contribution in [0.15, 0.2) is 27.8 Å². The number of hydrogen-bond donors (Lipinski definition) is 1. The highest BCUT2D eigenvalue weighted by atomic mass is 32.2. The molecule has 1 saturated carbocycles. The van der Waals surface area contributed by atoms with E-state index in [1.807, 2.05) is 0 Å². The highest BCUT2D eigenvalue weighted by Gasteiger charge is 2.41. The Morgan fingerprint density at radius 3 is 2.69 bits per heavy atom. The highest BCUT2D eigenvalue weighted by Crippen LogP contribution is 2.36. The van der Waals surface area contributed by atoms with E-state index in [2.05, 4.69) is 19.9 Å². The lowest BCUT2D eigenvalue weighted by Crippen LogP contribution is -2.34. The Balaban J connectivity index is 1.82. The van der Waals surface area contributed by atoms with Crippen LogP contribution in [0, 0.1) is 5.82 Å². The molecule has 0 radical (unpaired) electrons. The topological polar surface area (TPSA) is 102 Å². The van der Waals surface area contributed by atoms with Crippen LogP contribution in [0.1, 0.15) is 32.1 Å². The van der Waals surface area contributed by atoms with Crippen molar-refractivity contribution >= 4 is 15.5 Å². The minimum Gasteiger partial charge on any atom is -0.412 e. The lowest BCUT2D eigenvalue weighted by molar-refractivity contribution is 0.116. The fourth-order valence-electron chi connectivity index (χ4n) is 2.42. The van der Waals surface area contributed by atoms with Crippen molar-refractivity contribution in [3.8, 4) is 11.7 Å². The number of pyridine rings is 1. The zero-order valence-electron chi connectivity index (χ0n) is 13.3. The molecule has 0 aromatic carbocycles. The zero-order valence-corrected chi connectivity index (χ0v) is 14.1. The number of rotatable bonds is 5. The Morgan fingerprint density at radius 1 is 1.35 bits per heavy atom. The van der Waals surface area contributed by atoms with Crippen LogP contribution >= 0.6 is 0 Å².